The summed E-state index contributed by atoms with van der Waals surface area (Å²) >= 11 is 1.06. The summed E-state index contributed by atoms with van der Waals surface area (Å²) in [6.07, 6.45) is 0. The zero-order valence-corrected chi connectivity index (χ0v) is 12.1. The van der Waals surface area contributed by atoms with Crippen molar-refractivity contribution in [2.24, 2.45) is 0 Å². The third-order valence-electron chi connectivity index (χ3n) is 3.45. The van der Waals surface area contributed by atoms with Gasteiger partial charge in [-0.25, -0.2) is 9.18 Å². The van der Waals surface area contributed by atoms with Crippen molar-refractivity contribution in [1.29, 1.82) is 0 Å². The zero-order chi connectivity index (χ0) is 15.9. The first-order valence-electron chi connectivity index (χ1n) is 6.47. The lowest BCUT2D eigenvalue weighted by molar-refractivity contribution is -0.120. The number of fused-ring (bicyclic) bond motifs is 1. The standard InChI is InChI=1S/C14H11FN2O4S/c15-9-3-7-11(22-6-8(13(7)19)14(20)21)4-10(9)17-2-1-16-12(18)5-17/h3-4,6H,1-2,5H2,(H,16,18)(H,20,21). The molecule has 0 saturated carbocycles. The molecule has 1 fully saturated rings. The highest BCUT2D eigenvalue weighted by Gasteiger charge is 2.21. The van der Waals surface area contributed by atoms with Crippen molar-refractivity contribution in [2.45, 2.75) is 0 Å². The average Bonchev–Trinajstić information content (AvgIpc) is 2.47. The minimum Gasteiger partial charge on any atom is -0.478 e. The van der Waals surface area contributed by atoms with E-state index < -0.39 is 17.2 Å². The molecule has 2 aromatic rings. The molecule has 0 bridgehead atoms. The molecule has 6 nitrogen and oxygen atoms in total. The molecule has 2 N–H and O–H groups in total. The first-order chi connectivity index (χ1) is 10.5. The Morgan fingerprint density at radius 1 is 1.36 bits per heavy atom. The molecule has 0 radical (unpaired) electrons. The number of carbonyl (C=O) groups excluding carboxylic acids is 1. The van der Waals surface area contributed by atoms with Gasteiger partial charge in [-0.05, 0) is 12.1 Å². The Morgan fingerprint density at radius 3 is 2.82 bits per heavy atom. The molecule has 0 unspecified atom stereocenters. The van der Waals surface area contributed by atoms with Crippen LogP contribution in [0.15, 0.2) is 22.3 Å². The van der Waals surface area contributed by atoms with Crippen LogP contribution in [0.5, 0.6) is 0 Å². The van der Waals surface area contributed by atoms with Gasteiger partial charge >= 0.3 is 5.97 Å². The highest BCUT2D eigenvalue weighted by molar-refractivity contribution is 7.16. The maximum atomic E-state index is 14.3. The van der Waals surface area contributed by atoms with Crippen LogP contribution < -0.4 is 15.6 Å². The van der Waals surface area contributed by atoms with Crippen molar-refractivity contribution in [1.82, 2.24) is 5.32 Å². The molecule has 8 heteroatoms. The van der Waals surface area contributed by atoms with Gasteiger partial charge in [-0.3, -0.25) is 9.59 Å². The Hall–Kier alpha value is -2.48. The second kappa shape index (κ2) is 5.38. The number of hydrogen-bond donors (Lipinski definition) is 2. The number of nitrogens with zero attached hydrogens (tertiary/aromatic N) is 1. The third-order valence-corrected chi connectivity index (χ3v) is 4.40. The summed E-state index contributed by atoms with van der Waals surface area (Å²) in [6, 6.07) is 2.53. The van der Waals surface area contributed by atoms with E-state index in [4.69, 9.17) is 5.11 Å². The van der Waals surface area contributed by atoms with E-state index in [0.717, 1.165) is 17.4 Å². The van der Waals surface area contributed by atoms with E-state index in [9.17, 15) is 18.8 Å². The monoisotopic (exact) mass is 322 g/mol. The van der Waals surface area contributed by atoms with Crippen LogP contribution in [0.3, 0.4) is 0 Å². The van der Waals surface area contributed by atoms with Crippen LogP contribution in [0.1, 0.15) is 10.4 Å². The number of rotatable bonds is 2. The summed E-state index contributed by atoms with van der Waals surface area (Å²) in [7, 11) is 0. The van der Waals surface area contributed by atoms with Crippen molar-refractivity contribution < 1.29 is 19.1 Å². The van der Waals surface area contributed by atoms with Gasteiger partial charge < -0.3 is 15.3 Å². The maximum Gasteiger partial charge on any atom is 0.340 e. The smallest absolute Gasteiger partial charge is 0.340 e. The van der Waals surface area contributed by atoms with E-state index in [1.807, 2.05) is 0 Å². The number of piperazine rings is 1. The molecule has 1 saturated heterocycles. The SMILES string of the molecule is O=C1CN(c2cc3scc(C(=O)O)c(=O)c3cc2F)CCN1. The molecule has 1 aromatic carbocycles. The molecule has 114 valence electrons. The van der Waals surface area contributed by atoms with Crippen molar-refractivity contribution in [3.63, 3.8) is 0 Å². The lowest BCUT2D eigenvalue weighted by atomic mass is 10.1. The Bertz CT molecular complexity index is 849. The summed E-state index contributed by atoms with van der Waals surface area (Å²) in [5.41, 5.74) is -0.842. The number of aromatic carboxylic acids is 1. The Kier molecular flexibility index (Phi) is 3.53. The zero-order valence-electron chi connectivity index (χ0n) is 11.3. The molecular weight excluding hydrogens is 311 g/mol. The van der Waals surface area contributed by atoms with E-state index in [-0.39, 0.29) is 29.1 Å². The largest absolute Gasteiger partial charge is 0.478 e. The molecule has 1 amide bonds. The van der Waals surface area contributed by atoms with Crippen molar-refractivity contribution in [3.05, 3.63) is 39.1 Å². The van der Waals surface area contributed by atoms with Crippen LogP contribution in [0, 0.1) is 5.82 Å². The second-order valence-electron chi connectivity index (χ2n) is 4.85. The highest BCUT2D eigenvalue weighted by atomic mass is 32.1. The van der Waals surface area contributed by atoms with Gasteiger partial charge in [-0.2, -0.15) is 0 Å². The van der Waals surface area contributed by atoms with E-state index in [1.165, 1.54) is 11.4 Å². The number of nitrogens with one attached hydrogen (secondary N) is 1. The predicted octanol–water partition coefficient (Wildman–Crippen LogP) is 1.03. The van der Waals surface area contributed by atoms with Crippen LogP contribution in [-0.4, -0.2) is 36.6 Å². The number of hydrogen-bond acceptors (Lipinski definition) is 5. The minimum atomic E-state index is -1.33. The van der Waals surface area contributed by atoms with E-state index in [2.05, 4.69) is 5.32 Å². The first-order valence-corrected chi connectivity index (χ1v) is 7.35. The van der Waals surface area contributed by atoms with E-state index >= 15 is 0 Å². The van der Waals surface area contributed by atoms with Gasteiger partial charge in [0, 0.05) is 28.6 Å². The number of anilines is 1. The normalized spacial score (nSPS) is 15.0. The molecule has 22 heavy (non-hydrogen) atoms. The summed E-state index contributed by atoms with van der Waals surface area (Å²) in [6.45, 7) is 0.936. The van der Waals surface area contributed by atoms with Gasteiger partial charge in [0.2, 0.25) is 11.3 Å². The van der Waals surface area contributed by atoms with Crippen molar-refractivity contribution in [2.75, 3.05) is 24.5 Å². The summed E-state index contributed by atoms with van der Waals surface area (Å²) < 4.78 is 14.8. The molecule has 0 spiro atoms. The van der Waals surface area contributed by atoms with Crippen molar-refractivity contribution >= 4 is 39.0 Å². The van der Waals surface area contributed by atoms with Crippen molar-refractivity contribution in [3.8, 4) is 0 Å². The summed E-state index contributed by atoms with van der Waals surface area (Å²) in [5, 5.41) is 12.9. The number of benzene rings is 1. The minimum absolute atomic E-state index is 0.0348. The first kappa shape index (κ1) is 14.5. The van der Waals surface area contributed by atoms with Gasteiger partial charge in [-0.1, -0.05) is 0 Å². The van der Waals surface area contributed by atoms with Crippen LogP contribution in [0.4, 0.5) is 10.1 Å². The predicted molar refractivity (Wildman–Crippen MR) is 80.2 cm³/mol. The number of carboxylic acids is 1. The van der Waals surface area contributed by atoms with Crippen LogP contribution in [0.25, 0.3) is 10.1 Å². The highest BCUT2D eigenvalue weighted by Crippen LogP contribution is 2.27. The summed E-state index contributed by atoms with van der Waals surface area (Å²) in [5.74, 6) is -2.17. The quantitative estimate of drug-likeness (QED) is 0.862. The second-order valence-corrected chi connectivity index (χ2v) is 5.77. The fourth-order valence-corrected chi connectivity index (χ4v) is 3.28. The average molecular weight is 322 g/mol. The fourth-order valence-electron chi connectivity index (χ4n) is 2.37. The molecule has 1 aromatic heterocycles. The van der Waals surface area contributed by atoms with Crippen LogP contribution in [-0.2, 0) is 4.79 Å². The van der Waals surface area contributed by atoms with Gasteiger partial charge in [-0.15, -0.1) is 11.3 Å². The molecule has 2 heterocycles. The number of carboxylic acid groups (broad SMARTS) is 1. The summed E-state index contributed by atoms with van der Waals surface area (Å²) in [4.78, 5) is 36.0. The lowest BCUT2D eigenvalue weighted by Crippen LogP contribution is -2.48. The molecule has 1 aliphatic rings. The topological polar surface area (TPSA) is 86.7 Å². The van der Waals surface area contributed by atoms with Gasteiger partial charge in [0.15, 0.2) is 0 Å². The molecule has 0 atom stereocenters. The molecular formula is C14H11FN2O4S. The number of amides is 1. The Labute approximate surface area is 127 Å². The third kappa shape index (κ3) is 2.41. The van der Waals surface area contributed by atoms with E-state index in [1.54, 1.807) is 4.90 Å². The molecule has 1 aliphatic heterocycles. The fraction of sp³-hybridized carbons (Fsp3) is 0.214. The Morgan fingerprint density at radius 2 is 2.14 bits per heavy atom. The van der Waals surface area contributed by atoms with Gasteiger partial charge in [0.05, 0.1) is 12.2 Å². The van der Waals surface area contributed by atoms with Gasteiger partial charge in [0.1, 0.15) is 11.4 Å². The lowest BCUT2D eigenvalue weighted by Gasteiger charge is -2.29. The van der Waals surface area contributed by atoms with Crippen LogP contribution in [0.2, 0.25) is 0 Å². The Balaban J connectivity index is 2.13. The van der Waals surface area contributed by atoms with Crippen LogP contribution >= 0.6 is 11.3 Å². The molecule has 3 rings (SSSR count). The maximum absolute atomic E-state index is 14.3. The number of halogens is 1. The molecule has 0 aliphatic carbocycles. The number of carbonyl (C=O) groups is 2. The van der Waals surface area contributed by atoms with E-state index in [0.29, 0.717) is 17.8 Å². The van der Waals surface area contributed by atoms with Gasteiger partial charge in [0.25, 0.3) is 0 Å².